The molecule has 0 atom stereocenters. The predicted octanol–water partition coefficient (Wildman–Crippen LogP) is 4.32. The molecule has 1 aromatic rings. The molecule has 3 heteroatoms. The summed E-state index contributed by atoms with van der Waals surface area (Å²) in [6, 6.07) is 5.02. The summed E-state index contributed by atoms with van der Waals surface area (Å²) in [6.07, 6.45) is 6.46. The minimum atomic E-state index is -0.347. The van der Waals surface area contributed by atoms with Gasteiger partial charge in [-0.1, -0.05) is 31.0 Å². The van der Waals surface area contributed by atoms with Crippen molar-refractivity contribution < 1.29 is 4.39 Å². The first-order chi connectivity index (χ1) is 8.52. The Hall–Kier alpha value is -0.600. The highest BCUT2D eigenvalue weighted by molar-refractivity contribution is 6.30. The van der Waals surface area contributed by atoms with Gasteiger partial charge >= 0.3 is 0 Å². The van der Waals surface area contributed by atoms with Crippen molar-refractivity contribution in [1.29, 1.82) is 0 Å². The summed E-state index contributed by atoms with van der Waals surface area (Å²) in [5.41, 5.74) is 7.23. The average Bonchev–Trinajstić information content (AvgIpc) is 2.35. The molecule has 0 aromatic heterocycles. The van der Waals surface area contributed by atoms with Crippen LogP contribution in [0.15, 0.2) is 18.2 Å². The maximum absolute atomic E-state index is 13.4. The SMILES string of the molecule is CCC1CCC(N)(Cc2ccc(Cl)c(F)c2)CC1. The fourth-order valence-electron chi connectivity index (χ4n) is 2.89. The van der Waals surface area contributed by atoms with Crippen LogP contribution in [0, 0.1) is 11.7 Å². The molecule has 1 aliphatic rings. The van der Waals surface area contributed by atoms with Gasteiger partial charge in [0.15, 0.2) is 0 Å². The van der Waals surface area contributed by atoms with Gasteiger partial charge in [0.2, 0.25) is 0 Å². The normalized spacial score (nSPS) is 28.3. The van der Waals surface area contributed by atoms with Crippen molar-refractivity contribution in [3.8, 4) is 0 Å². The van der Waals surface area contributed by atoms with Crippen LogP contribution in [-0.2, 0) is 6.42 Å². The molecule has 1 fully saturated rings. The molecule has 0 aliphatic heterocycles. The van der Waals surface area contributed by atoms with Crippen LogP contribution in [-0.4, -0.2) is 5.54 Å². The molecule has 2 rings (SSSR count). The van der Waals surface area contributed by atoms with Crippen LogP contribution in [0.1, 0.15) is 44.6 Å². The molecular weight excluding hydrogens is 249 g/mol. The highest BCUT2D eigenvalue weighted by atomic mass is 35.5. The molecule has 0 heterocycles. The Morgan fingerprint density at radius 1 is 1.39 bits per heavy atom. The highest BCUT2D eigenvalue weighted by Crippen LogP contribution is 2.34. The average molecular weight is 270 g/mol. The third-order valence-electron chi connectivity index (χ3n) is 4.22. The second-order valence-electron chi connectivity index (χ2n) is 5.64. The number of nitrogens with two attached hydrogens (primary N) is 1. The Bertz CT molecular complexity index is 411. The molecule has 0 radical (unpaired) electrons. The van der Waals surface area contributed by atoms with E-state index in [2.05, 4.69) is 6.92 Å². The fourth-order valence-corrected chi connectivity index (χ4v) is 3.01. The van der Waals surface area contributed by atoms with E-state index in [4.69, 9.17) is 17.3 Å². The third-order valence-corrected chi connectivity index (χ3v) is 4.53. The van der Waals surface area contributed by atoms with Crippen molar-refractivity contribution in [3.63, 3.8) is 0 Å². The quantitative estimate of drug-likeness (QED) is 0.869. The van der Waals surface area contributed by atoms with Crippen LogP contribution in [0.3, 0.4) is 0 Å². The van der Waals surface area contributed by atoms with Gasteiger partial charge in [-0.2, -0.15) is 0 Å². The number of hydrogen-bond acceptors (Lipinski definition) is 1. The first-order valence-electron chi connectivity index (χ1n) is 6.75. The zero-order valence-corrected chi connectivity index (χ0v) is 11.6. The van der Waals surface area contributed by atoms with Gasteiger partial charge in [-0.15, -0.1) is 0 Å². The Morgan fingerprint density at radius 3 is 2.61 bits per heavy atom. The van der Waals surface area contributed by atoms with Crippen molar-refractivity contribution in [1.82, 2.24) is 0 Å². The van der Waals surface area contributed by atoms with Crippen LogP contribution in [0.4, 0.5) is 4.39 Å². The monoisotopic (exact) mass is 269 g/mol. The van der Waals surface area contributed by atoms with E-state index < -0.39 is 0 Å². The summed E-state index contributed by atoms with van der Waals surface area (Å²) in [6.45, 7) is 2.24. The van der Waals surface area contributed by atoms with E-state index >= 15 is 0 Å². The Balaban J connectivity index is 2.02. The summed E-state index contributed by atoms with van der Waals surface area (Å²) in [7, 11) is 0. The van der Waals surface area contributed by atoms with Crippen molar-refractivity contribution in [3.05, 3.63) is 34.6 Å². The van der Waals surface area contributed by atoms with Gasteiger partial charge in [0, 0.05) is 5.54 Å². The zero-order chi connectivity index (χ0) is 13.2. The van der Waals surface area contributed by atoms with Crippen LogP contribution in [0.2, 0.25) is 5.02 Å². The van der Waals surface area contributed by atoms with Crippen molar-refractivity contribution in [2.45, 2.75) is 51.0 Å². The molecule has 0 spiro atoms. The molecular formula is C15H21ClFN. The first-order valence-corrected chi connectivity index (χ1v) is 7.13. The molecule has 0 saturated heterocycles. The summed E-state index contributed by atoms with van der Waals surface area (Å²) >= 11 is 5.69. The minimum Gasteiger partial charge on any atom is -0.325 e. The molecule has 1 saturated carbocycles. The summed E-state index contributed by atoms with van der Waals surface area (Å²) < 4.78 is 13.4. The lowest BCUT2D eigenvalue weighted by Gasteiger charge is -2.37. The molecule has 0 unspecified atom stereocenters. The molecule has 0 amide bonds. The topological polar surface area (TPSA) is 26.0 Å². The van der Waals surface area contributed by atoms with Crippen LogP contribution >= 0.6 is 11.6 Å². The minimum absolute atomic E-state index is 0.161. The van der Waals surface area contributed by atoms with Gasteiger partial charge in [-0.05, 0) is 55.7 Å². The lowest BCUT2D eigenvalue weighted by Crippen LogP contribution is -2.45. The second kappa shape index (κ2) is 5.58. The van der Waals surface area contributed by atoms with Gasteiger partial charge in [0.05, 0.1) is 5.02 Å². The van der Waals surface area contributed by atoms with E-state index in [-0.39, 0.29) is 16.4 Å². The molecule has 0 bridgehead atoms. The highest BCUT2D eigenvalue weighted by Gasteiger charge is 2.31. The van der Waals surface area contributed by atoms with Crippen molar-refractivity contribution in [2.75, 3.05) is 0 Å². The van der Waals surface area contributed by atoms with Crippen LogP contribution < -0.4 is 5.73 Å². The van der Waals surface area contributed by atoms with Crippen LogP contribution in [0.5, 0.6) is 0 Å². The van der Waals surface area contributed by atoms with Gasteiger partial charge in [-0.3, -0.25) is 0 Å². The third kappa shape index (κ3) is 3.24. The van der Waals surface area contributed by atoms with E-state index in [0.29, 0.717) is 0 Å². The Labute approximate surface area is 114 Å². The molecule has 2 N–H and O–H groups in total. The molecule has 18 heavy (non-hydrogen) atoms. The van der Waals surface area contributed by atoms with Crippen LogP contribution in [0.25, 0.3) is 0 Å². The smallest absolute Gasteiger partial charge is 0.142 e. The van der Waals surface area contributed by atoms with E-state index in [9.17, 15) is 4.39 Å². The largest absolute Gasteiger partial charge is 0.325 e. The Kier molecular flexibility index (Phi) is 4.29. The van der Waals surface area contributed by atoms with Crippen molar-refractivity contribution in [2.24, 2.45) is 11.7 Å². The van der Waals surface area contributed by atoms with Gasteiger partial charge in [0.1, 0.15) is 5.82 Å². The van der Waals surface area contributed by atoms with Gasteiger partial charge in [-0.25, -0.2) is 4.39 Å². The molecule has 1 aromatic carbocycles. The maximum atomic E-state index is 13.4. The fraction of sp³-hybridized carbons (Fsp3) is 0.600. The van der Waals surface area contributed by atoms with Gasteiger partial charge in [0.25, 0.3) is 0 Å². The Morgan fingerprint density at radius 2 is 2.06 bits per heavy atom. The first kappa shape index (κ1) is 13.8. The predicted molar refractivity (Wildman–Crippen MR) is 74.3 cm³/mol. The standard InChI is InChI=1S/C15H21ClFN/c1-2-11-5-7-15(18,8-6-11)10-12-3-4-13(16)14(17)9-12/h3-4,9,11H,2,5-8,10,18H2,1H3. The zero-order valence-electron chi connectivity index (χ0n) is 10.9. The van der Waals surface area contributed by atoms with E-state index in [1.807, 2.05) is 6.07 Å². The number of benzene rings is 1. The summed E-state index contributed by atoms with van der Waals surface area (Å²) in [5.74, 6) is 0.476. The molecule has 100 valence electrons. The second-order valence-corrected chi connectivity index (χ2v) is 6.05. The van der Waals surface area contributed by atoms with E-state index in [1.165, 1.54) is 25.3 Å². The molecule has 1 nitrogen and oxygen atoms in total. The van der Waals surface area contributed by atoms with E-state index in [1.54, 1.807) is 6.07 Å². The number of halogens is 2. The summed E-state index contributed by atoms with van der Waals surface area (Å²) in [5, 5.41) is 0.180. The number of hydrogen-bond donors (Lipinski definition) is 1. The maximum Gasteiger partial charge on any atom is 0.142 e. The lowest BCUT2D eigenvalue weighted by atomic mass is 9.73. The number of rotatable bonds is 3. The van der Waals surface area contributed by atoms with Gasteiger partial charge < -0.3 is 5.73 Å². The van der Waals surface area contributed by atoms with Crippen molar-refractivity contribution >= 4 is 11.6 Å². The summed E-state index contributed by atoms with van der Waals surface area (Å²) in [4.78, 5) is 0. The lowest BCUT2D eigenvalue weighted by molar-refractivity contribution is 0.228. The molecule has 1 aliphatic carbocycles. The van der Waals surface area contributed by atoms with E-state index in [0.717, 1.165) is 30.7 Å².